The molecule has 0 aromatic rings. The molecule has 2 fully saturated rings. The molecule has 1 saturated carbocycles. The predicted octanol–water partition coefficient (Wildman–Crippen LogP) is -0.115. The first-order valence-electron chi connectivity index (χ1n) is 5.66. The number of nitrogens with one attached hydrogen (secondary N) is 1. The van der Waals surface area contributed by atoms with Crippen LogP contribution >= 0.6 is 0 Å². The van der Waals surface area contributed by atoms with Crippen molar-refractivity contribution in [3.8, 4) is 6.07 Å². The number of carbonyl (C=O) groups excluding carboxylic acids is 2. The van der Waals surface area contributed by atoms with Gasteiger partial charge in [-0.3, -0.25) is 9.59 Å². The number of fused-ring (bicyclic) bond motifs is 1. The predicted molar refractivity (Wildman–Crippen MR) is 56.0 cm³/mol. The monoisotopic (exact) mass is 221 g/mol. The number of likely N-dealkylation sites (tertiary alicyclic amines) is 1. The van der Waals surface area contributed by atoms with Gasteiger partial charge in [0, 0.05) is 13.1 Å². The molecule has 0 bridgehead atoms. The van der Waals surface area contributed by atoms with Crippen molar-refractivity contribution in [2.75, 3.05) is 19.6 Å². The number of hydrogen-bond donors (Lipinski definition) is 1. The Kier molecular flexibility index (Phi) is 3.09. The topological polar surface area (TPSA) is 73.2 Å². The molecule has 2 amide bonds. The maximum absolute atomic E-state index is 11.7. The molecule has 2 aliphatic rings. The molecular weight excluding hydrogens is 206 g/mol. The SMILES string of the molecule is N#CCNC(=O)C(=O)N1CC2CCCC2C1. The molecule has 0 radical (unpaired) electrons. The lowest BCUT2D eigenvalue weighted by molar-refractivity contribution is -0.145. The molecule has 5 heteroatoms. The van der Waals surface area contributed by atoms with Gasteiger partial charge in [-0.05, 0) is 24.7 Å². The summed E-state index contributed by atoms with van der Waals surface area (Å²) in [5.41, 5.74) is 0. The molecule has 1 N–H and O–H groups in total. The normalized spacial score (nSPS) is 27.3. The zero-order valence-electron chi connectivity index (χ0n) is 9.11. The van der Waals surface area contributed by atoms with Crippen LogP contribution in [0.25, 0.3) is 0 Å². The second kappa shape index (κ2) is 4.52. The van der Waals surface area contributed by atoms with E-state index >= 15 is 0 Å². The van der Waals surface area contributed by atoms with Gasteiger partial charge in [0.2, 0.25) is 0 Å². The minimum atomic E-state index is -0.651. The van der Waals surface area contributed by atoms with Gasteiger partial charge < -0.3 is 10.2 Å². The van der Waals surface area contributed by atoms with Gasteiger partial charge in [0.05, 0.1) is 6.07 Å². The summed E-state index contributed by atoms with van der Waals surface area (Å²) in [4.78, 5) is 24.7. The van der Waals surface area contributed by atoms with Crippen molar-refractivity contribution in [2.45, 2.75) is 19.3 Å². The third-order valence-electron chi connectivity index (χ3n) is 3.54. The number of hydrogen-bond acceptors (Lipinski definition) is 3. The Hall–Kier alpha value is -1.57. The maximum Gasteiger partial charge on any atom is 0.311 e. The summed E-state index contributed by atoms with van der Waals surface area (Å²) in [6, 6.07) is 1.78. The molecule has 0 aromatic heterocycles. The van der Waals surface area contributed by atoms with Crippen LogP contribution in [0.15, 0.2) is 0 Å². The number of rotatable bonds is 1. The summed E-state index contributed by atoms with van der Waals surface area (Å²) in [7, 11) is 0. The smallest absolute Gasteiger partial charge is 0.311 e. The van der Waals surface area contributed by atoms with E-state index in [1.54, 1.807) is 11.0 Å². The molecule has 2 unspecified atom stereocenters. The Morgan fingerprint density at radius 1 is 1.31 bits per heavy atom. The molecule has 0 spiro atoms. The number of nitrogens with zero attached hydrogens (tertiary/aromatic N) is 2. The molecule has 1 saturated heterocycles. The van der Waals surface area contributed by atoms with Crippen molar-refractivity contribution in [3.05, 3.63) is 0 Å². The minimum Gasteiger partial charge on any atom is -0.335 e. The minimum absolute atomic E-state index is 0.106. The molecule has 86 valence electrons. The first-order valence-corrected chi connectivity index (χ1v) is 5.66. The van der Waals surface area contributed by atoms with Crippen LogP contribution in [-0.2, 0) is 9.59 Å². The second-order valence-electron chi connectivity index (χ2n) is 4.50. The summed E-state index contributed by atoms with van der Waals surface area (Å²) < 4.78 is 0. The standard InChI is InChI=1S/C11H15N3O2/c12-4-5-13-10(15)11(16)14-6-8-2-1-3-9(8)7-14/h8-9H,1-3,5-7H2,(H,13,15). The van der Waals surface area contributed by atoms with Crippen molar-refractivity contribution < 1.29 is 9.59 Å². The van der Waals surface area contributed by atoms with Crippen LogP contribution < -0.4 is 5.32 Å². The summed E-state index contributed by atoms with van der Waals surface area (Å²) in [6.07, 6.45) is 3.60. The van der Waals surface area contributed by atoms with E-state index in [0.717, 1.165) is 0 Å². The molecule has 0 aromatic carbocycles. The Morgan fingerprint density at radius 2 is 1.94 bits per heavy atom. The second-order valence-corrected chi connectivity index (χ2v) is 4.50. The van der Waals surface area contributed by atoms with Gasteiger partial charge in [-0.2, -0.15) is 5.26 Å². The van der Waals surface area contributed by atoms with E-state index in [0.29, 0.717) is 24.9 Å². The Morgan fingerprint density at radius 3 is 2.50 bits per heavy atom. The van der Waals surface area contributed by atoms with Crippen molar-refractivity contribution >= 4 is 11.8 Å². The lowest BCUT2D eigenvalue weighted by Gasteiger charge is -2.15. The zero-order chi connectivity index (χ0) is 11.5. The summed E-state index contributed by atoms with van der Waals surface area (Å²) in [6.45, 7) is 1.32. The fraction of sp³-hybridized carbons (Fsp3) is 0.727. The van der Waals surface area contributed by atoms with E-state index in [2.05, 4.69) is 5.32 Å². The van der Waals surface area contributed by atoms with Gasteiger partial charge in [-0.1, -0.05) is 6.42 Å². The van der Waals surface area contributed by atoms with Gasteiger partial charge in [-0.15, -0.1) is 0 Å². The summed E-state index contributed by atoms with van der Waals surface area (Å²) in [5, 5.41) is 10.6. The van der Waals surface area contributed by atoms with E-state index < -0.39 is 11.8 Å². The van der Waals surface area contributed by atoms with Crippen LogP contribution in [-0.4, -0.2) is 36.3 Å². The molecule has 1 heterocycles. The molecule has 1 aliphatic carbocycles. The third kappa shape index (κ3) is 2.01. The van der Waals surface area contributed by atoms with Crippen molar-refractivity contribution in [2.24, 2.45) is 11.8 Å². The summed E-state index contributed by atoms with van der Waals surface area (Å²) in [5.74, 6) is 0.0478. The van der Waals surface area contributed by atoms with Crippen molar-refractivity contribution in [1.29, 1.82) is 5.26 Å². The molecule has 2 rings (SSSR count). The first-order chi connectivity index (χ1) is 7.72. The van der Waals surface area contributed by atoms with Crippen LogP contribution in [0.1, 0.15) is 19.3 Å². The van der Waals surface area contributed by atoms with Crippen LogP contribution in [0.5, 0.6) is 0 Å². The number of carbonyl (C=O) groups is 2. The van der Waals surface area contributed by atoms with E-state index in [9.17, 15) is 9.59 Å². The van der Waals surface area contributed by atoms with Gasteiger partial charge in [0.25, 0.3) is 0 Å². The van der Waals surface area contributed by atoms with Gasteiger partial charge in [0.15, 0.2) is 0 Å². The number of amides is 2. The highest BCUT2D eigenvalue weighted by molar-refractivity contribution is 6.35. The fourth-order valence-electron chi connectivity index (χ4n) is 2.74. The van der Waals surface area contributed by atoms with Crippen molar-refractivity contribution in [3.63, 3.8) is 0 Å². The molecular formula is C11H15N3O2. The van der Waals surface area contributed by atoms with E-state index in [-0.39, 0.29) is 6.54 Å². The van der Waals surface area contributed by atoms with Crippen LogP contribution in [0, 0.1) is 23.2 Å². The van der Waals surface area contributed by atoms with E-state index in [1.807, 2.05) is 0 Å². The summed E-state index contributed by atoms with van der Waals surface area (Å²) >= 11 is 0. The first kappa shape index (κ1) is 10.9. The van der Waals surface area contributed by atoms with E-state index in [4.69, 9.17) is 5.26 Å². The van der Waals surface area contributed by atoms with Gasteiger partial charge in [-0.25, -0.2) is 0 Å². The highest BCUT2D eigenvalue weighted by atomic mass is 16.2. The molecule has 16 heavy (non-hydrogen) atoms. The van der Waals surface area contributed by atoms with Crippen LogP contribution in [0.2, 0.25) is 0 Å². The fourth-order valence-corrected chi connectivity index (χ4v) is 2.74. The average molecular weight is 221 g/mol. The molecule has 1 aliphatic heterocycles. The quantitative estimate of drug-likeness (QED) is 0.495. The lowest BCUT2D eigenvalue weighted by Crippen LogP contribution is -2.42. The zero-order valence-corrected chi connectivity index (χ0v) is 9.11. The van der Waals surface area contributed by atoms with E-state index in [1.165, 1.54) is 19.3 Å². The van der Waals surface area contributed by atoms with Gasteiger partial charge >= 0.3 is 11.8 Å². The largest absolute Gasteiger partial charge is 0.335 e. The number of nitriles is 1. The van der Waals surface area contributed by atoms with Crippen molar-refractivity contribution in [1.82, 2.24) is 10.2 Å². The average Bonchev–Trinajstić information content (AvgIpc) is 2.84. The Labute approximate surface area is 94.4 Å². The Balaban J connectivity index is 1.87. The lowest BCUT2D eigenvalue weighted by atomic mass is 10.0. The Bertz CT molecular complexity index is 336. The molecule has 2 atom stereocenters. The highest BCUT2D eigenvalue weighted by Crippen LogP contribution is 2.37. The van der Waals surface area contributed by atoms with Crippen LogP contribution in [0.3, 0.4) is 0 Å². The van der Waals surface area contributed by atoms with Gasteiger partial charge in [0.1, 0.15) is 6.54 Å². The third-order valence-corrected chi connectivity index (χ3v) is 3.54. The maximum atomic E-state index is 11.7. The molecule has 5 nitrogen and oxygen atoms in total. The highest BCUT2D eigenvalue weighted by Gasteiger charge is 2.39. The van der Waals surface area contributed by atoms with Crippen LogP contribution in [0.4, 0.5) is 0 Å².